The van der Waals surface area contributed by atoms with Gasteiger partial charge < -0.3 is 14.7 Å². The van der Waals surface area contributed by atoms with E-state index in [1.165, 1.54) is 18.6 Å². The van der Waals surface area contributed by atoms with Gasteiger partial charge in [-0.25, -0.2) is 0 Å². The zero-order valence-corrected chi connectivity index (χ0v) is 13.1. The van der Waals surface area contributed by atoms with E-state index in [4.69, 9.17) is 4.74 Å². The molecule has 1 fully saturated rings. The van der Waals surface area contributed by atoms with E-state index in [2.05, 4.69) is 18.7 Å². The van der Waals surface area contributed by atoms with Crippen LogP contribution in [0.2, 0.25) is 0 Å². The highest BCUT2D eigenvalue weighted by Gasteiger charge is 2.23. The Morgan fingerprint density at radius 2 is 1.91 bits per heavy atom. The van der Waals surface area contributed by atoms with E-state index < -0.39 is 11.0 Å². The van der Waals surface area contributed by atoms with Gasteiger partial charge in [-0.3, -0.25) is 10.1 Å². The van der Waals surface area contributed by atoms with Crippen LogP contribution in [0.1, 0.15) is 20.3 Å². The van der Waals surface area contributed by atoms with Crippen LogP contribution in [-0.4, -0.2) is 47.3 Å². The third-order valence-corrected chi connectivity index (χ3v) is 3.90. The van der Waals surface area contributed by atoms with Gasteiger partial charge in [0.2, 0.25) is 0 Å². The predicted molar refractivity (Wildman–Crippen MR) is 84.0 cm³/mol. The van der Waals surface area contributed by atoms with Crippen molar-refractivity contribution >= 4 is 5.69 Å². The molecule has 0 saturated carbocycles. The maximum Gasteiger partial charge on any atom is 0.269 e. The van der Waals surface area contributed by atoms with Crippen LogP contribution in [0.25, 0.3) is 0 Å². The van der Waals surface area contributed by atoms with Gasteiger partial charge in [0.15, 0.2) is 0 Å². The molecule has 3 atom stereocenters. The van der Waals surface area contributed by atoms with Crippen LogP contribution in [0, 0.1) is 22.0 Å². The third kappa shape index (κ3) is 4.96. The smallest absolute Gasteiger partial charge is 0.269 e. The lowest BCUT2D eigenvalue weighted by molar-refractivity contribution is -0.384. The number of rotatable bonds is 6. The lowest BCUT2D eigenvalue weighted by Crippen LogP contribution is -2.43. The predicted octanol–water partition coefficient (Wildman–Crippen LogP) is 2.31. The van der Waals surface area contributed by atoms with Crippen LogP contribution >= 0.6 is 0 Å². The largest absolute Gasteiger partial charge is 0.491 e. The second-order valence-electron chi connectivity index (χ2n) is 6.38. The lowest BCUT2D eigenvalue weighted by atomic mass is 9.92. The molecule has 22 heavy (non-hydrogen) atoms. The van der Waals surface area contributed by atoms with Crippen LogP contribution in [0.15, 0.2) is 24.3 Å². The average Bonchev–Trinajstić information content (AvgIpc) is 2.44. The monoisotopic (exact) mass is 308 g/mol. The van der Waals surface area contributed by atoms with E-state index in [-0.39, 0.29) is 12.3 Å². The Kier molecular flexibility index (Phi) is 5.74. The quantitative estimate of drug-likeness (QED) is 0.644. The second kappa shape index (κ2) is 7.56. The molecular formula is C16H24N2O4. The highest BCUT2D eigenvalue weighted by molar-refractivity contribution is 5.35. The Labute approximate surface area is 130 Å². The van der Waals surface area contributed by atoms with E-state index in [0.29, 0.717) is 24.1 Å². The zero-order chi connectivity index (χ0) is 16.1. The number of β-amino-alcohol motifs (C(OH)–C–C–N with tert-alkyl or cyclic N) is 1. The number of aliphatic hydroxyl groups is 1. The Morgan fingerprint density at radius 1 is 1.32 bits per heavy atom. The van der Waals surface area contributed by atoms with Gasteiger partial charge >= 0.3 is 0 Å². The summed E-state index contributed by atoms with van der Waals surface area (Å²) in [6.07, 6.45) is 0.680. The fraction of sp³-hybridized carbons (Fsp3) is 0.625. The Balaban J connectivity index is 1.77. The van der Waals surface area contributed by atoms with Gasteiger partial charge in [0.05, 0.1) is 4.92 Å². The topological polar surface area (TPSA) is 75.8 Å². The fourth-order valence-corrected chi connectivity index (χ4v) is 3.15. The second-order valence-corrected chi connectivity index (χ2v) is 6.38. The van der Waals surface area contributed by atoms with Crippen molar-refractivity contribution < 1.29 is 14.8 Å². The molecule has 1 aliphatic rings. The summed E-state index contributed by atoms with van der Waals surface area (Å²) < 4.78 is 5.50. The number of piperidine rings is 1. The molecule has 0 radical (unpaired) electrons. The average molecular weight is 308 g/mol. The van der Waals surface area contributed by atoms with Crippen LogP contribution in [0.5, 0.6) is 5.75 Å². The number of benzene rings is 1. The number of aliphatic hydroxyl groups excluding tert-OH is 1. The highest BCUT2D eigenvalue weighted by atomic mass is 16.6. The Morgan fingerprint density at radius 3 is 2.45 bits per heavy atom. The summed E-state index contributed by atoms with van der Waals surface area (Å²) in [6, 6.07) is 5.90. The van der Waals surface area contributed by atoms with Gasteiger partial charge in [0.1, 0.15) is 18.5 Å². The van der Waals surface area contributed by atoms with Crippen LogP contribution in [0.3, 0.4) is 0 Å². The SMILES string of the molecule is CC1CC(C)CN(CC(O)COc2ccc([N+](=O)[O-])cc2)C1. The summed E-state index contributed by atoms with van der Waals surface area (Å²) in [7, 11) is 0. The first kappa shape index (κ1) is 16.7. The number of nitro groups is 1. The molecule has 1 aliphatic heterocycles. The number of non-ortho nitro benzene ring substituents is 1. The van der Waals surface area contributed by atoms with Gasteiger partial charge in [0.25, 0.3) is 5.69 Å². The summed E-state index contributed by atoms with van der Waals surface area (Å²) in [4.78, 5) is 12.4. The fourth-order valence-electron chi connectivity index (χ4n) is 3.15. The van der Waals surface area contributed by atoms with Crippen molar-refractivity contribution in [1.82, 2.24) is 4.90 Å². The number of hydrogen-bond acceptors (Lipinski definition) is 5. The molecule has 0 spiro atoms. The summed E-state index contributed by atoms with van der Waals surface area (Å²) in [5.74, 6) is 1.85. The van der Waals surface area contributed by atoms with Crippen LogP contribution < -0.4 is 4.74 Å². The minimum absolute atomic E-state index is 0.0317. The van der Waals surface area contributed by atoms with Crippen molar-refractivity contribution in [3.8, 4) is 5.75 Å². The summed E-state index contributed by atoms with van der Waals surface area (Å²) in [6.45, 7) is 7.29. The molecule has 0 amide bonds. The molecule has 0 bridgehead atoms. The molecule has 3 unspecified atom stereocenters. The molecule has 1 heterocycles. The Hall–Kier alpha value is -1.66. The first-order chi connectivity index (χ1) is 10.4. The van der Waals surface area contributed by atoms with E-state index in [1.54, 1.807) is 12.1 Å². The molecule has 6 heteroatoms. The number of nitro benzene ring substituents is 1. The number of likely N-dealkylation sites (tertiary alicyclic amines) is 1. The van der Waals surface area contributed by atoms with Crippen molar-refractivity contribution in [3.63, 3.8) is 0 Å². The molecular weight excluding hydrogens is 284 g/mol. The van der Waals surface area contributed by atoms with Crippen molar-refractivity contribution in [2.45, 2.75) is 26.4 Å². The Bertz CT molecular complexity index is 481. The van der Waals surface area contributed by atoms with Crippen molar-refractivity contribution in [2.75, 3.05) is 26.2 Å². The highest BCUT2D eigenvalue weighted by Crippen LogP contribution is 2.21. The van der Waals surface area contributed by atoms with E-state index in [0.717, 1.165) is 13.1 Å². The normalized spacial score (nSPS) is 24.0. The summed E-state index contributed by atoms with van der Waals surface area (Å²) >= 11 is 0. The number of ether oxygens (including phenoxy) is 1. The summed E-state index contributed by atoms with van der Waals surface area (Å²) in [5.41, 5.74) is 0.0317. The maximum atomic E-state index is 10.6. The first-order valence-electron chi connectivity index (χ1n) is 7.71. The zero-order valence-electron chi connectivity index (χ0n) is 13.1. The lowest BCUT2D eigenvalue weighted by Gasteiger charge is -2.35. The van der Waals surface area contributed by atoms with Gasteiger partial charge in [0, 0.05) is 31.8 Å². The number of nitrogens with zero attached hydrogens (tertiary/aromatic N) is 2. The van der Waals surface area contributed by atoms with Gasteiger partial charge in [-0.1, -0.05) is 13.8 Å². The van der Waals surface area contributed by atoms with Crippen molar-refractivity contribution in [3.05, 3.63) is 34.4 Å². The molecule has 6 nitrogen and oxygen atoms in total. The molecule has 1 saturated heterocycles. The minimum Gasteiger partial charge on any atom is -0.491 e. The first-order valence-corrected chi connectivity index (χ1v) is 7.71. The molecule has 1 aromatic carbocycles. The van der Waals surface area contributed by atoms with Gasteiger partial charge in [-0.05, 0) is 30.4 Å². The molecule has 0 aliphatic carbocycles. The number of hydrogen-bond donors (Lipinski definition) is 1. The van der Waals surface area contributed by atoms with Gasteiger partial charge in [-0.2, -0.15) is 0 Å². The molecule has 122 valence electrons. The molecule has 1 aromatic rings. The van der Waals surface area contributed by atoms with Crippen LogP contribution in [0.4, 0.5) is 5.69 Å². The minimum atomic E-state index is -0.562. The van der Waals surface area contributed by atoms with Gasteiger partial charge in [-0.15, -0.1) is 0 Å². The maximum absolute atomic E-state index is 10.6. The third-order valence-electron chi connectivity index (χ3n) is 3.90. The standard InChI is InChI=1S/C16H24N2O4/c1-12-7-13(2)9-17(8-12)10-15(19)11-22-16-5-3-14(4-6-16)18(20)21/h3-6,12-13,15,19H,7-11H2,1-2H3. The van der Waals surface area contributed by atoms with E-state index in [9.17, 15) is 15.2 Å². The molecule has 2 rings (SSSR count). The van der Waals surface area contributed by atoms with E-state index >= 15 is 0 Å². The van der Waals surface area contributed by atoms with Crippen molar-refractivity contribution in [2.24, 2.45) is 11.8 Å². The summed E-state index contributed by atoms with van der Waals surface area (Å²) in [5, 5.41) is 20.7. The van der Waals surface area contributed by atoms with Crippen LogP contribution in [-0.2, 0) is 0 Å². The molecule has 0 aromatic heterocycles. The van der Waals surface area contributed by atoms with Crippen molar-refractivity contribution in [1.29, 1.82) is 0 Å². The molecule has 1 N–H and O–H groups in total. The van der Waals surface area contributed by atoms with E-state index in [1.807, 2.05) is 0 Å².